The molecule has 0 bridgehead atoms. The Morgan fingerprint density at radius 3 is 2.53 bits per heavy atom. The highest BCUT2D eigenvalue weighted by molar-refractivity contribution is 6.35. The van der Waals surface area contributed by atoms with Crippen LogP contribution in [0.2, 0.25) is 10.0 Å². The Labute approximate surface area is 98.8 Å². The summed E-state index contributed by atoms with van der Waals surface area (Å²) < 4.78 is 14.0. The Morgan fingerprint density at radius 2 is 2.07 bits per heavy atom. The summed E-state index contributed by atoms with van der Waals surface area (Å²) in [5.41, 5.74) is 0.0721. The van der Waals surface area contributed by atoms with Gasteiger partial charge in [0, 0.05) is 16.5 Å². The van der Waals surface area contributed by atoms with E-state index in [9.17, 15) is 9.50 Å². The minimum absolute atomic E-state index is 0.0721. The number of aliphatic hydroxyl groups is 1. The van der Waals surface area contributed by atoms with Gasteiger partial charge in [0.05, 0.1) is 5.02 Å². The average Bonchev–Trinajstić information content (AvgIpc) is 2.15. The topological polar surface area (TPSA) is 20.2 Å². The smallest absolute Gasteiger partial charge is 0.236 e. The summed E-state index contributed by atoms with van der Waals surface area (Å²) in [5, 5.41) is 10.3. The fourth-order valence-corrected chi connectivity index (χ4v) is 1.85. The molecule has 0 aliphatic carbocycles. The molecule has 1 N–H and O–H groups in total. The Balaban J connectivity index is 3.15. The van der Waals surface area contributed by atoms with Crippen molar-refractivity contribution in [3.05, 3.63) is 33.8 Å². The predicted molar refractivity (Wildman–Crippen MR) is 60.9 cm³/mol. The van der Waals surface area contributed by atoms with Crippen molar-refractivity contribution < 1.29 is 9.50 Å². The van der Waals surface area contributed by atoms with E-state index in [4.69, 9.17) is 23.2 Å². The lowest BCUT2D eigenvalue weighted by Gasteiger charge is -2.26. The van der Waals surface area contributed by atoms with Gasteiger partial charge in [0.1, 0.15) is 0 Å². The first-order chi connectivity index (χ1) is 6.89. The molecule has 0 amide bonds. The van der Waals surface area contributed by atoms with Gasteiger partial charge in [-0.25, -0.2) is 4.39 Å². The highest BCUT2D eigenvalue weighted by Crippen LogP contribution is 2.38. The van der Waals surface area contributed by atoms with Crippen molar-refractivity contribution in [1.82, 2.24) is 0 Å². The van der Waals surface area contributed by atoms with Crippen LogP contribution in [0.3, 0.4) is 0 Å². The number of hydrogen-bond acceptors (Lipinski definition) is 1. The van der Waals surface area contributed by atoms with Gasteiger partial charge in [-0.3, -0.25) is 0 Å². The van der Waals surface area contributed by atoms with Gasteiger partial charge >= 0.3 is 0 Å². The minimum Gasteiger partial charge on any atom is -0.358 e. The molecule has 1 nitrogen and oxygen atoms in total. The van der Waals surface area contributed by atoms with Gasteiger partial charge in [-0.15, -0.1) is 0 Å². The van der Waals surface area contributed by atoms with Crippen molar-refractivity contribution in [1.29, 1.82) is 0 Å². The summed E-state index contributed by atoms with van der Waals surface area (Å²) in [7, 11) is 0. The van der Waals surface area contributed by atoms with E-state index in [1.165, 1.54) is 18.2 Å². The molecule has 0 aromatic heterocycles. The Bertz CT molecular complexity index is 352. The maximum Gasteiger partial charge on any atom is 0.236 e. The molecule has 4 heteroatoms. The zero-order chi connectivity index (χ0) is 11.6. The largest absolute Gasteiger partial charge is 0.358 e. The third kappa shape index (κ3) is 2.63. The first-order valence-electron chi connectivity index (χ1n) is 4.76. The van der Waals surface area contributed by atoms with E-state index in [2.05, 4.69) is 0 Å². The fourth-order valence-electron chi connectivity index (χ4n) is 1.31. The van der Waals surface area contributed by atoms with E-state index in [1.54, 1.807) is 13.8 Å². The second-order valence-corrected chi connectivity index (χ2v) is 4.45. The molecule has 0 saturated carbocycles. The molecule has 15 heavy (non-hydrogen) atoms. The summed E-state index contributed by atoms with van der Waals surface area (Å²) in [6.45, 7) is 3.43. The molecule has 2 unspecified atom stereocenters. The van der Waals surface area contributed by atoms with E-state index in [0.717, 1.165) is 0 Å². The van der Waals surface area contributed by atoms with Crippen LogP contribution < -0.4 is 0 Å². The van der Waals surface area contributed by atoms with Crippen molar-refractivity contribution >= 4 is 23.2 Å². The van der Waals surface area contributed by atoms with Gasteiger partial charge in [0.15, 0.2) is 0 Å². The maximum atomic E-state index is 14.0. The third-order valence-electron chi connectivity index (χ3n) is 2.57. The van der Waals surface area contributed by atoms with Crippen molar-refractivity contribution in [2.75, 3.05) is 0 Å². The predicted octanol–water partition coefficient (Wildman–Crippen LogP) is 4.15. The highest BCUT2D eigenvalue weighted by Gasteiger charge is 2.36. The molecule has 1 rings (SSSR count). The fraction of sp³-hybridized carbons (Fsp3) is 0.455. The minimum atomic E-state index is -2.41. The molecule has 0 spiro atoms. The quantitative estimate of drug-likeness (QED) is 0.855. The number of rotatable bonds is 3. The Kier molecular flexibility index (Phi) is 3.99. The summed E-state index contributed by atoms with van der Waals surface area (Å²) in [5.74, 6) is -2.92. The van der Waals surface area contributed by atoms with Gasteiger partial charge in [-0.2, -0.15) is 0 Å². The standard InChI is InChI=1S/C11H13Cl2FO/c1-3-7(2)11(14,15)9-5-4-8(12)6-10(9)13/h4-7,15H,3H2,1-2H3. The van der Waals surface area contributed by atoms with Crippen LogP contribution >= 0.6 is 23.2 Å². The van der Waals surface area contributed by atoms with Crippen LogP contribution in [0, 0.1) is 5.92 Å². The molecule has 0 aliphatic rings. The van der Waals surface area contributed by atoms with Crippen LogP contribution in [0.1, 0.15) is 25.8 Å². The summed E-state index contributed by atoms with van der Waals surface area (Å²) in [6, 6.07) is 4.35. The summed E-state index contributed by atoms with van der Waals surface area (Å²) in [6.07, 6.45) is 0.520. The van der Waals surface area contributed by atoms with Gasteiger partial charge in [0.2, 0.25) is 5.85 Å². The summed E-state index contributed by atoms with van der Waals surface area (Å²) >= 11 is 11.5. The lowest BCUT2D eigenvalue weighted by atomic mass is 9.93. The number of halogens is 3. The van der Waals surface area contributed by atoms with E-state index in [0.29, 0.717) is 11.4 Å². The molecule has 0 fully saturated rings. The molecule has 0 saturated heterocycles. The molecule has 0 radical (unpaired) electrons. The monoisotopic (exact) mass is 250 g/mol. The van der Waals surface area contributed by atoms with Crippen molar-refractivity contribution in [3.63, 3.8) is 0 Å². The molecule has 2 atom stereocenters. The van der Waals surface area contributed by atoms with Crippen LogP contribution in [-0.4, -0.2) is 5.11 Å². The third-order valence-corrected chi connectivity index (χ3v) is 3.12. The lowest BCUT2D eigenvalue weighted by molar-refractivity contribution is -0.139. The molecule has 0 aliphatic heterocycles. The Morgan fingerprint density at radius 1 is 1.47 bits per heavy atom. The first-order valence-corrected chi connectivity index (χ1v) is 5.52. The molecule has 1 aromatic rings. The van der Waals surface area contributed by atoms with Gasteiger partial charge < -0.3 is 5.11 Å². The normalized spacial score (nSPS) is 17.2. The van der Waals surface area contributed by atoms with Gasteiger partial charge in [-0.1, -0.05) is 43.1 Å². The molecular formula is C11H13Cl2FO. The number of alkyl halides is 1. The summed E-state index contributed by atoms with van der Waals surface area (Å²) in [4.78, 5) is 0. The maximum absolute atomic E-state index is 14.0. The zero-order valence-electron chi connectivity index (χ0n) is 8.60. The molecular weight excluding hydrogens is 238 g/mol. The molecule has 84 valence electrons. The molecule has 0 heterocycles. The zero-order valence-corrected chi connectivity index (χ0v) is 10.1. The van der Waals surface area contributed by atoms with E-state index < -0.39 is 11.8 Å². The lowest BCUT2D eigenvalue weighted by Crippen LogP contribution is -2.28. The number of hydrogen-bond donors (Lipinski definition) is 1. The van der Waals surface area contributed by atoms with Crippen molar-refractivity contribution in [2.24, 2.45) is 5.92 Å². The van der Waals surface area contributed by atoms with Gasteiger partial charge in [0.25, 0.3) is 0 Å². The van der Waals surface area contributed by atoms with E-state index >= 15 is 0 Å². The van der Waals surface area contributed by atoms with Crippen LogP contribution in [-0.2, 0) is 5.85 Å². The second-order valence-electron chi connectivity index (χ2n) is 3.61. The van der Waals surface area contributed by atoms with Crippen molar-refractivity contribution in [2.45, 2.75) is 26.1 Å². The van der Waals surface area contributed by atoms with Crippen LogP contribution in [0.4, 0.5) is 4.39 Å². The van der Waals surface area contributed by atoms with Crippen LogP contribution in [0.15, 0.2) is 18.2 Å². The number of benzene rings is 1. The average molecular weight is 251 g/mol. The van der Waals surface area contributed by atoms with Crippen LogP contribution in [0.25, 0.3) is 0 Å². The van der Waals surface area contributed by atoms with Gasteiger partial charge in [-0.05, 0) is 18.6 Å². The Hall–Kier alpha value is -0.310. The van der Waals surface area contributed by atoms with E-state index in [1.807, 2.05) is 0 Å². The molecule has 1 aromatic carbocycles. The van der Waals surface area contributed by atoms with E-state index in [-0.39, 0.29) is 10.6 Å². The van der Waals surface area contributed by atoms with Crippen LogP contribution in [0.5, 0.6) is 0 Å². The first kappa shape index (κ1) is 12.8. The van der Waals surface area contributed by atoms with Crippen molar-refractivity contribution in [3.8, 4) is 0 Å². The SMILES string of the molecule is CCC(C)C(O)(F)c1ccc(Cl)cc1Cl. The highest BCUT2D eigenvalue weighted by atomic mass is 35.5. The second kappa shape index (κ2) is 4.69.